The molecule has 0 spiro atoms. The number of H-pyrrole nitrogens is 6. The van der Waals surface area contributed by atoms with Gasteiger partial charge in [-0.2, -0.15) is 0 Å². The van der Waals surface area contributed by atoms with E-state index in [0.29, 0.717) is 52.4 Å². The Bertz CT molecular complexity index is 3480. The van der Waals surface area contributed by atoms with Gasteiger partial charge in [0.1, 0.15) is 33.1 Å². The van der Waals surface area contributed by atoms with Crippen molar-refractivity contribution in [2.24, 2.45) is 0 Å². The smallest absolute Gasteiger partial charge is 0.120 e. The average Bonchev–Trinajstić information content (AvgIpc) is 4.17. The number of hydrogen-bond acceptors (Lipinski definition) is 6. The van der Waals surface area contributed by atoms with Crippen molar-refractivity contribution in [1.29, 1.82) is 0 Å². The Morgan fingerprint density at radius 2 is 0.381 bits per heavy atom. The van der Waals surface area contributed by atoms with Gasteiger partial charge in [0.05, 0.1) is 33.1 Å². The van der Waals surface area contributed by atoms with Gasteiger partial charge in [-0.25, -0.2) is 29.9 Å². The molecule has 3 aliphatic heterocycles. The number of fused-ring (bicyclic) bond motifs is 18. The molecule has 6 N–H and O–H groups in total. The van der Waals surface area contributed by atoms with Gasteiger partial charge in [0.25, 0.3) is 0 Å². The second-order valence-corrected chi connectivity index (χ2v) is 17.2. The Balaban J connectivity index is 1.18. The van der Waals surface area contributed by atoms with Crippen molar-refractivity contribution in [3.05, 3.63) is 143 Å². The predicted octanol–water partition coefficient (Wildman–Crippen LogP) is 10.7. The highest BCUT2D eigenvalue weighted by atomic mass is 14.9. The summed E-state index contributed by atoms with van der Waals surface area (Å²) in [4.78, 5) is 56.5. The first kappa shape index (κ1) is 32.2. The van der Waals surface area contributed by atoms with E-state index < -0.39 is 0 Å². The first-order chi connectivity index (χ1) is 31.1. The van der Waals surface area contributed by atoms with Gasteiger partial charge in [-0.3, -0.25) is 0 Å². The fraction of sp³-hybridized carbons (Fsp3) is 0.0588. The van der Waals surface area contributed by atoms with E-state index >= 15 is 0 Å². The molecular formula is C51H30N12. The monoisotopic (exact) mass is 810 g/mol. The molecule has 3 aliphatic rings. The highest BCUT2D eigenvalue weighted by molar-refractivity contribution is 6.23. The molecule has 0 atom stereocenters. The number of hydrogen-bond donors (Lipinski definition) is 6. The molecule has 4 aromatic carbocycles. The molecule has 0 amide bonds. The number of aromatic nitrogens is 12. The summed E-state index contributed by atoms with van der Waals surface area (Å²) in [5.74, 6) is 0. The summed E-state index contributed by atoms with van der Waals surface area (Å²) in [7, 11) is 0. The maximum absolute atomic E-state index is 5.68. The number of rotatable bonds is 0. The molecule has 0 radical (unpaired) electrons. The van der Waals surface area contributed by atoms with Crippen LogP contribution in [0.15, 0.2) is 109 Å². The largest absolute Gasteiger partial charge is 0.358 e. The maximum atomic E-state index is 5.68. The van der Waals surface area contributed by atoms with E-state index in [1.165, 1.54) is 0 Å². The van der Waals surface area contributed by atoms with E-state index in [2.05, 4.69) is 139 Å². The lowest BCUT2D eigenvalue weighted by molar-refractivity contribution is 1.06. The summed E-state index contributed by atoms with van der Waals surface area (Å²) in [5, 5.41) is 0. The second kappa shape index (κ2) is 11.2. The van der Waals surface area contributed by atoms with Crippen molar-refractivity contribution < 1.29 is 0 Å². The van der Waals surface area contributed by atoms with Crippen LogP contribution in [0.25, 0.3) is 134 Å². The summed E-state index contributed by atoms with van der Waals surface area (Å²) < 4.78 is 0. The third-order valence-electron chi connectivity index (χ3n) is 13.5. The second-order valence-electron chi connectivity index (χ2n) is 17.2. The van der Waals surface area contributed by atoms with Crippen LogP contribution < -0.4 is 0 Å². The van der Waals surface area contributed by atoms with E-state index in [1.807, 2.05) is 0 Å². The van der Waals surface area contributed by atoms with Crippen LogP contribution in [-0.4, -0.2) is 59.8 Å². The minimum absolute atomic E-state index is 0.613. The predicted molar refractivity (Wildman–Crippen MR) is 245 cm³/mol. The Morgan fingerprint density at radius 1 is 0.206 bits per heavy atom. The molecule has 16 rings (SSSR count). The van der Waals surface area contributed by atoms with E-state index in [0.717, 1.165) is 135 Å². The van der Waals surface area contributed by atoms with Crippen LogP contribution in [0.3, 0.4) is 0 Å². The first-order valence-electron chi connectivity index (χ1n) is 21.3. The standard InChI is InChI=1S/C51H30N12/c1-13-34-28-7-8-29-36-15-3-24(54-36)20-25-5-17-38(56-25)32-11-12-33-39-18-6-27(57-39)21-26-4-16-37(55-26)31-10-9-30(35-14-2-23(53-35)19-22(1)52-34)42-43(31)61-50-48(60-42)46-47(59-41(29)40(28)58-46)49-51(50)63-45(33)44(32)62-49/h1-18,52-57H,19-21H2. The lowest BCUT2D eigenvalue weighted by Gasteiger charge is -2.16. The lowest BCUT2D eigenvalue weighted by Crippen LogP contribution is -2.02. The molecule has 12 heterocycles. The van der Waals surface area contributed by atoms with Crippen molar-refractivity contribution in [2.45, 2.75) is 19.3 Å². The maximum Gasteiger partial charge on any atom is 0.120 e. The number of benzene rings is 4. The minimum Gasteiger partial charge on any atom is -0.358 e. The van der Waals surface area contributed by atoms with Gasteiger partial charge < -0.3 is 29.9 Å². The molecule has 0 unspecified atom stereocenters. The van der Waals surface area contributed by atoms with Crippen molar-refractivity contribution in [3.63, 3.8) is 0 Å². The molecular weight excluding hydrogens is 781 g/mol. The third kappa shape index (κ3) is 4.33. The molecule has 12 nitrogen and oxygen atoms in total. The van der Waals surface area contributed by atoms with Gasteiger partial charge >= 0.3 is 0 Å². The number of nitrogens with zero attached hydrogens (tertiary/aromatic N) is 6. The van der Waals surface area contributed by atoms with Gasteiger partial charge in [0.15, 0.2) is 0 Å². The van der Waals surface area contributed by atoms with Crippen LogP contribution in [0.2, 0.25) is 0 Å². The Morgan fingerprint density at radius 3 is 0.556 bits per heavy atom. The van der Waals surface area contributed by atoms with Crippen molar-refractivity contribution in [1.82, 2.24) is 59.8 Å². The van der Waals surface area contributed by atoms with Crippen molar-refractivity contribution in [3.8, 4) is 67.5 Å². The summed E-state index contributed by atoms with van der Waals surface area (Å²) in [6, 6.07) is 38.8. The summed E-state index contributed by atoms with van der Waals surface area (Å²) in [6.07, 6.45) is 2.08. The zero-order valence-corrected chi connectivity index (χ0v) is 33.2. The Kier molecular flexibility index (Phi) is 5.71. The number of aromatic amines is 6. The minimum atomic E-state index is 0.613. The normalized spacial score (nSPS) is 13.5. The quantitative estimate of drug-likeness (QED) is 0.0657. The molecule has 0 fully saturated rings. The average molecular weight is 811 g/mol. The lowest BCUT2D eigenvalue weighted by atomic mass is 10.0. The van der Waals surface area contributed by atoms with Gasteiger partial charge in [0, 0.05) is 121 Å². The van der Waals surface area contributed by atoms with Gasteiger partial charge in [0.2, 0.25) is 0 Å². The molecule has 9 aromatic heterocycles. The first-order valence-corrected chi connectivity index (χ1v) is 21.3. The van der Waals surface area contributed by atoms with Crippen LogP contribution in [-0.2, 0) is 19.3 Å². The van der Waals surface area contributed by atoms with Crippen LogP contribution in [0.5, 0.6) is 0 Å². The Hall–Kier alpha value is -8.64. The van der Waals surface area contributed by atoms with E-state index in [-0.39, 0.29) is 0 Å². The van der Waals surface area contributed by atoms with E-state index in [1.54, 1.807) is 0 Å². The molecule has 0 aliphatic carbocycles. The topological polar surface area (TPSA) is 172 Å². The third-order valence-corrected chi connectivity index (χ3v) is 13.5. The fourth-order valence-corrected chi connectivity index (χ4v) is 10.5. The van der Waals surface area contributed by atoms with Crippen molar-refractivity contribution >= 4 is 66.2 Å². The van der Waals surface area contributed by atoms with Crippen LogP contribution in [0, 0.1) is 0 Å². The zero-order chi connectivity index (χ0) is 40.7. The number of nitrogens with one attached hydrogen (secondary N) is 6. The summed E-state index contributed by atoms with van der Waals surface area (Å²) >= 11 is 0. The molecule has 0 saturated carbocycles. The summed E-state index contributed by atoms with van der Waals surface area (Å²) in [5.41, 5.74) is 26.2. The fourth-order valence-electron chi connectivity index (χ4n) is 10.5. The molecule has 12 heteroatoms. The zero-order valence-electron chi connectivity index (χ0n) is 33.2. The molecule has 294 valence electrons. The van der Waals surface area contributed by atoms with E-state index in [4.69, 9.17) is 29.9 Å². The van der Waals surface area contributed by atoms with Gasteiger partial charge in [-0.1, -0.05) is 0 Å². The SMILES string of the molecule is c1cc2[nH]c1Cc1ccc([nH]1)-c1ccc3c4nc5c(nc14)c1nc4c-2ccc2c4nc1c1nc4c(ccc(c4nc51)-c1ccc([nH]1)Cc1ccc-3[nH]1)-c1ccc([nH]1)Cc1ccc-2[nH]1. The van der Waals surface area contributed by atoms with Crippen molar-refractivity contribution in [2.75, 3.05) is 0 Å². The highest BCUT2D eigenvalue weighted by Gasteiger charge is 2.27. The van der Waals surface area contributed by atoms with Gasteiger partial charge in [-0.15, -0.1) is 0 Å². The van der Waals surface area contributed by atoms with Gasteiger partial charge in [-0.05, 0) is 109 Å². The van der Waals surface area contributed by atoms with Crippen LogP contribution in [0.1, 0.15) is 34.2 Å². The van der Waals surface area contributed by atoms with Crippen LogP contribution >= 0.6 is 0 Å². The highest BCUT2D eigenvalue weighted by Crippen LogP contribution is 2.43. The van der Waals surface area contributed by atoms with E-state index in [9.17, 15) is 0 Å². The molecule has 63 heavy (non-hydrogen) atoms. The molecule has 24 bridgehead atoms. The Labute approximate surface area is 355 Å². The molecule has 0 saturated heterocycles. The molecule has 13 aromatic rings. The summed E-state index contributed by atoms with van der Waals surface area (Å²) in [6.45, 7) is 0. The van der Waals surface area contributed by atoms with Crippen LogP contribution in [0.4, 0.5) is 0 Å².